The van der Waals surface area contributed by atoms with Crippen LogP contribution in [0.5, 0.6) is 0 Å². The summed E-state index contributed by atoms with van der Waals surface area (Å²) in [6.07, 6.45) is 1.79. The van der Waals surface area contributed by atoms with Crippen molar-refractivity contribution in [2.24, 2.45) is 0 Å². The fraction of sp³-hybridized carbons (Fsp3) is 0.538. The molecule has 0 radical (unpaired) electrons. The monoisotopic (exact) mass is 207 g/mol. The normalized spacial score (nSPS) is 10.7. The molecule has 0 spiro atoms. The molecule has 2 heteroatoms. The number of anilines is 1. The van der Waals surface area contributed by atoms with Gasteiger partial charge in [0.2, 0.25) is 0 Å². The van der Waals surface area contributed by atoms with Crippen LogP contribution in [0, 0.1) is 6.92 Å². The maximum absolute atomic E-state index is 8.80. The molecule has 0 aliphatic carbocycles. The van der Waals surface area contributed by atoms with Crippen molar-refractivity contribution in [3.63, 3.8) is 0 Å². The Morgan fingerprint density at radius 3 is 2.60 bits per heavy atom. The zero-order valence-electron chi connectivity index (χ0n) is 9.88. The van der Waals surface area contributed by atoms with Crippen molar-refractivity contribution >= 4 is 5.69 Å². The maximum Gasteiger partial charge on any atom is 0.0434 e. The maximum atomic E-state index is 8.80. The van der Waals surface area contributed by atoms with Crippen molar-refractivity contribution in [3.8, 4) is 0 Å². The minimum atomic E-state index is 0.265. The molecule has 84 valence electrons. The molecular formula is C13H21NO. The van der Waals surface area contributed by atoms with Gasteiger partial charge in [0.25, 0.3) is 0 Å². The SMILES string of the molecule is Cc1cc(CCCO)cc(NC(C)C)c1. The molecule has 1 aromatic rings. The number of nitrogens with one attached hydrogen (secondary N) is 1. The number of hydrogen-bond donors (Lipinski definition) is 2. The summed E-state index contributed by atoms with van der Waals surface area (Å²) in [6.45, 7) is 6.64. The lowest BCUT2D eigenvalue weighted by Gasteiger charge is -2.12. The van der Waals surface area contributed by atoms with E-state index >= 15 is 0 Å². The molecular weight excluding hydrogens is 186 g/mol. The molecule has 1 rings (SSSR count). The van der Waals surface area contributed by atoms with E-state index in [1.165, 1.54) is 16.8 Å². The first-order chi connectivity index (χ1) is 7.11. The molecule has 0 saturated carbocycles. The molecule has 2 N–H and O–H groups in total. The van der Waals surface area contributed by atoms with Crippen molar-refractivity contribution in [1.29, 1.82) is 0 Å². The highest BCUT2D eigenvalue weighted by molar-refractivity contribution is 5.49. The van der Waals surface area contributed by atoms with Crippen LogP contribution in [-0.2, 0) is 6.42 Å². The smallest absolute Gasteiger partial charge is 0.0434 e. The molecule has 0 unspecified atom stereocenters. The average Bonchev–Trinajstić information content (AvgIpc) is 2.12. The number of aliphatic hydroxyl groups is 1. The van der Waals surface area contributed by atoms with Crippen molar-refractivity contribution < 1.29 is 5.11 Å². The molecule has 0 saturated heterocycles. The second-order valence-electron chi connectivity index (χ2n) is 4.33. The number of benzene rings is 1. The molecule has 15 heavy (non-hydrogen) atoms. The van der Waals surface area contributed by atoms with Crippen LogP contribution < -0.4 is 5.32 Å². The predicted molar refractivity (Wildman–Crippen MR) is 65.3 cm³/mol. The minimum absolute atomic E-state index is 0.265. The highest BCUT2D eigenvalue weighted by Gasteiger charge is 2.00. The van der Waals surface area contributed by atoms with Crippen LogP contribution in [0.1, 0.15) is 31.4 Å². The van der Waals surface area contributed by atoms with Gasteiger partial charge in [0.15, 0.2) is 0 Å². The molecule has 0 bridgehead atoms. The first-order valence-corrected chi connectivity index (χ1v) is 5.60. The summed E-state index contributed by atoms with van der Waals surface area (Å²) in [5.74, 6) is 0. The van der Waals surface area contributed by atoms with Gasteiger partial charge in [-0.2, -0.15) is 0 Å². The average molecular weight is 207 g/mol. The quantitative estimate of drug-likeness (QED) is 0.778. The second kappa shape index (κ2) is 5.76. The van der Waals surface area contributed by atoms with E-state index < -0.39 is 0 Å². The van der Waals surface area contributed by atoms with Gasteiger partial charge in [0.1, 0.15) is 0 Å². The van der Waals surface area contributed by atoms with Gasteiger partial charge in [0, 0.05) is 18.3 Å². The van der Waals surface area contributed by atoms with E-state index in [9.17, 15) is 0 Å². The van der Waals surface area contributed by atoms with Gasteiger partial charge in [-0.25, -0.2) is 0 Å². The van der Waals surface area contributed by atoms with Crippen LogP contribution in [0.4, 0.5) is 5.69 Å². The molecule has 0 aliphatic rings. The molecule has 0 atom stereocenters. The number of rotatable bonds is 5. The van der Waals surface area contributed by atoms with Crippen LogP contribution in [0.25, 0.3) is 0 Å². The van der Waals surface area contributed by atoms with E-state index in [1.807, 2.05) is 0 Å². The van der Waals surface area contributed by atoms with Gasteiger partial charge in [-0.15, -0.1) is 0 Å². The summed E-state index contributed by atoms with van der Waals surface area (Å²) in [5.41, 5.74) is 3.75. The minimum Gasteiger partial charge on any atom is -0.396 e. The van der Waals surface area contributed by atoms with Crippen LogP contribution in [-0.4, -0.2) is 17.8 Å². The van der Waals surface area contributed by atoms with E-state index in [1.54, 1.807) is 0 Å². The molecule has 0 aliphatic heterocycles. The molecule has 2 nitrogen and oxygen atoms in total. The van der Waals surface area contributed by atoms with Gasteiger partial charge in [-0.05, 0) is 56.9 Å². The first-order valence-electron chi connectivity index (χ1n) is 5.60. The van der Waals surface area contributed by atoms with Crippen molar-refractivity contribution in [2.45, 2.75) is 39.7 Å². The molecule has 0 amide bonds. The Morgan fingerprint density at radius 2 is 2.00 bits per heavy atom. The zero-order chi connectivity index (χ0) is 11.3. The first kappa shape index (κ1) is 12.1. The molecule has 1 aromatic carbocycles. The van der Waals surface area contributed by atoms with Crippen molar-refractivity contribution in [2.75, 3.05) is 11.9 Å². The number of hydrogen-bond acceptors (Lipinski definition) is 2. The lowest BCUT2D eigenvalue weighted by Crippen LogP contribution is -2.10. The number of aliphatic hydroxyl groups excluding tert-OH is 1. The summed E-state index contributed by atoms with van der Waals surface area (Å²) in [5, 5.41) is 12.2. The summed E-state index contributed by atoms with van der Waals surface area (Å²) >= 11 is 0. The fourth-order valence-corrected chi connectivity index (χ4v) is 1.71. The van der Waals surface area contributed by atoms with E-state index in [0.29, 0.717) is 6.04 Å². The Balaban J connectivity index is 2.75. The molecule has 0 aromatic heterocycles. The van der Waals surface area contributed by atoms with Gasteiger partial charge >= 0.3 is 0 Å². The zero-order valence-corrected chi connectivity index (χ0v) is 9.88. The standard InChI is InChI=1S/C13H21NO/c1-10(2)14-13-8-11(3)7-12(9-13)5-4-6-15/h7-10,14-15H,4-6H2,1-3H3. The summed E-state index contributed by atoms with van der Waals surface area (Å²) in [4.78, 5) is 0. The van der Waals surface area contributed by atoms with Crippen LogP contribution in [0.2, 0.25) is 0 Å². The molecule has 0 fully saturated rings. The Labute approximate surface area is 92.3 Å². The Hall–Kier alpha value is -1.02. The van der Waals surface area contributed by atoms with Crippen molar-refractivity contribution in [3.05, 3.63) is 29.3 Å². The van der Waals surface area contributed by atoms with Gasteiger partial charge in [-0.1, -0.05) is 6.07 Å². The highest BCUT2D eigenvalue weighted by atomic mass is 16.2. The largest absolute Gasteiger partial charge is 0.396 e. The third kappa shape index (κ3) is 4.34. The Kier molecular flexibility index (Phi) is 4.63. The van der Waals surface area contributed by atoms with E-state index in [2.05, 4.69) is 44.3 Å². The summed E-state index contributed by atoms with van der Waals surface area (Å²) in [6, 6.07) is 6.96. The van der Waals surface area contributed by atoms with Crippen LogP contribution >= 0.6 is 0 Å². The van der Waals surface area contributed by atoms with Gasteiger partial charge in [0.05, 0.1) is 0 Å². The topological polar surface area (TPSA) is 32.3 Å². The van der Waals surface area contributed by atoms with E-state index in [0.717, 1.165) is 12.8 Å². The van der Waals surface area contributed by atoms with Crippen LogP contribution in [0.3, 0.4) is 0 Å². The molecule has 0 heterocycles. The van der Waals surface area contributed by atoms with Crippen LogP contribution in [0.15, 0.2) is 18.2 Å². The highest BCUT2D eigenvalue weighted by Crippen LogP contribution is 2.16. The number of aryl methyl sites for hydroxylation is 2. The van der Waals surface area contributed by atoms with Gasteiger partial charge < -0.3 is 10.4 Å². The fourth-order valence-electron chi connectivity index (χ4n) is 1.71. The third-order valence-corrected chi connectivity index (χ3v) is 2.22. The van der Waals surface area contributed by atoms with Crippen molar-refractivity contribution in [1.82, 2.24) is 0 Å². The summed E-state index contributed by atoms with van der Waals surface area (Å²) in [7, 11) is 0. The van der Waals surface area contributed by atoms with E-state index in [4.69, 9.17) is 5.11 Å². The third-order valence-electron chi connectivity index (χ3n) is 2.22. The van der Waals surface area contributed by atoms with Gasteiger partial charge in [-0.3, -0.25) is 0 Å². The predicted octanol–water partition coefficient (Wildman–Crippen LogP) is 2.74. The summed E-state index contributed by atoms with van der Waals surface area (Å²) < 4.78 is 0. The lowest BCUT2D eigenvalue weighted by atomic mass is 10.1. The Bertz CT molecular complexity index is 307. The Morgan fingerprint density at radius 1 is 1.27 bits per heavy atom. The van der Waals surface area contributed by atoms with E-state index in [-0.39, 0.29) is 6.61 Å². The second-order valence-corrected chi connectivity index (χ2v) is 4.33. The lowest BCUT2D eigenvalue weighted by molar-refractivity contribution is 0.288.